The molecule has 1 amide bonds. The lowest BCUT2D eigenvalue weighted by Gasteiger charge is -2.15. The van der Waals surface area contributed by atoms with Gasteiger partial charge in [-0.05, 0) is 62.4 Å². The van der Waals surface area contributed by atoms with Crippen molar-refractivity contribution in [3.05, 3.63) is 58.4 Å². The second-order valence-electron chi connectivity index (χ2n) is 6.62. The van der Waals surface area contributed by atoms with Crippen LogP contribution in [0.4, 0.5) is 5.13 Å². The molecule has 1 N–H and O–H groups in total. The number of anilines is 1. The first-order chi connectivity index (χ1) is 12.1. The number of aromatic nitrogens is 3. The number of aryl methyl sites for hydroxylation is 2. The summed E-state index contributed by atoms with van der Waals surface area (Å²) >= 11 is 1.61. The Morgan fingerprint density at radius 3 is 2.80 bits per heavy atom. The van der Waals surface area contributed by atoms with E-state index in [9.17, 15) is 4.79 Å². The number of thiazole rings is 1. The lowest BCUT2D eigenvalue weighted by molar-refractivity contribution is 0.102. The van der Waals surface area contributed by atoms with Gasteiger partial charge in [-0.3, -0.25) is 10.1 Å². The third kappa shape index (κ3) is 3.22. The van der Waals surface area contributed by atoms with Gasteiger partial charge in [0.25, 0.3) is 5.91 Å². The standard InChI is InChI=1S/C19H20N4OS/c1-12-3-8-16-17(11-12)25-19(21-16)22-18(24)14-4-6-15(7-5-14)23-13(2)9-10-20-23/h4-7,9-10,12H,3,8,11H2,1-2H3,(H,21,22,24)/t12-/m0/s1. The minimum atomic E-state index is -0.122. The minimum Gasteiger partial charge on any atom is -0.298 e. The van der Waals surface area contributed by atoms with E-state index in [1.807, 2.05) is 41.9 Å². The number of fused-ring (bicyclic) bond motifs is 1. The average Bonchev–Trinajstić information content (AvgIpc) is 3.20. The average molecular weight is 352 g/mol. The first kappa shape index (κ1) is 16.0. The Hall–Kier alpha value is -2.47. The SMILES string of the molecule is Cc1ccnn1-c1ccc(C(=O)Nc2nc3c(s2)C[C@@H](C)CC3)cc1. The molecule has 0 unspecified atom stereocenters. The highest BCUT2D eigenvalue weighted by atomic mass is 32.1. The maximum absolute atomic E-state index is 12.5. The quantitative estimate of drug-likeness (QED) is 0.775. The number of hydrogen-bond acceptors (Lipinski definition) is 4. The molecule has 1 aliphatic rings. The third-order valence-corrected chi connectivity index (χ3v) is 5.65. The molecule has 2 aromatic heterocycles. The highest BCUT2D eigenvalue weighted by Crippen LogP contribution is 2.32. The Morgan fingerprint density at radius 1 is 1.28 bits per heavy atom. The maximum Gasteiger partial charge on any atom is 0.257 e. The number of benzene rings is 1. The van der Waals surface area contributed by atoms with Gasteiger partial charge in [0.15, 0.2) is 5.13 Å². The fraction of sp³-hybridized carbons (Fsp3) is 0.316. The molecule has 2 heterocycles. The van der Waals surface area contributed by atoms with Crippen LogP contribution in [-0.2, 0) is 12.8 Å². The van der Waals surface area contributed by atoms with Gasteiger partial charge in [0, 0.05) is 22.3 Å². The highest BCUT2D eigenvalue weighted by Gasteiger charge is 2.20. The summed E-state index contributed by atoms with van der Waals surface area (Å²) < 4.78 is 1.84. The van der Waals surface area contributed by atoms with Crippen molar-refractivity contribution in [1.82, 2.24) is 14.8 Å². The van der Waals surface area contributed by atoms with Crippen LogP contribution in [0.5, 0.6) is 0 Å². The van der Waals surface area contributed by atoms with Crippen LogP contribution in [0.3, 0.4) is 0 Å². The van der Waals surface area contributed by atoms with E-state index >= 15 is 0 Å². The summed E-state index contributed by atoms with van der Waals surface area (Å²) in [4.78, 5) is 18.4. The maximum atomic E-state index is 12.5. The molecule has 0 saturated carbocycles. The van der Waals surface area contributed by atoms with E-state index in [4.69, 9.17) is 0 Å². The summed E-state index contributed by atoms with van der Waals surface area (Å²) in [6.45, 7) is 4.27. The lowest BCUT2D eigenvalue weighted by atomic mass is 9.93. The Labute approximate surface area is 150 Å². The Morgan fingerprint density at radius 2 is 2.08 bits per heavy atom. The molecule has 1 aromatic carbocycles. The van der Waals surface area contributed by atoms with Crippen molar-refractivity contribution in [3.8, 4) is 5.69 Å². The van der Waals surface area contributed by atoms with Gasteiger partial charge in [0.1, 0.15) is 0 Å². The molecule has 25 heavy (non-hydrogen) atoms. The zero-order valence-corrected chi connectivity index (χ0v) is 15.1. The van der Waals surface area contributed by atoms with Gasteiger partial charge in [-0.2, -0.15) is 5.10 Å². The van der Waals surface area contributed by atoms with Crippen LogP contribution < -0.4 is 5.32 Å². The van der Waals surface area contributed by atoms with Gasteiger partial charge in [-0.1, -0.05) is 6.92 Å². The van der Waals surface area contributed by atoms with Crippen LogP contribution in [0.2, 0.25) is 0 Å². The zero-order valence-electron chi connectivity index (χ0n) is 14.3. The van der Waals surface area contributed by atoms with Crippen molar-refractivity contribution in [3.63, 3.8) is 0 Å². The molecule has 0 fully saturated rings. The van der Waals surface area contributed by atoms with Crippen molar-refractivity contribution in [1.29, 1.82) is 0 Å². The van der Waals surface area contributed by atoms with Crippen molar-refractivity contribution in [2.75, 3.05) is 5.32 Å². The van der Waals surface area contributed by atoms with Gasteiger partial charge in [0.2, 0.25) is 0 Å². The van der Waals surface area contributed by atoms with Crippen molar-refractivity contribution >= 4 is 22.4 Å². The number of nitrogens with one attached hydrogen (secondary N) is 1. The van der Waals surface area contributed by atoms with Crippen LogP contribution in [-0.4, -0.2) is 20.7 Å². The third-order valence-electron chi connectivity index (χ3n) is 4.61. The van der Waals surface area contributed by atoms with Crippen LogP contribution in [0.15, 0.2) is 36.5 Å². The van der Waals surface area contributed by atoms with Gasteiger partial charge in [-0.15, -0.1) is 11.3 Å². The highest BCUT2D eigenvalue weighted by molar-refractivity contribution is 7.15. The van der Waals surface area contributed by atoms with Crippen LogP contribution in [0.25, 0.3) is 5.69 Å². The van der Waals surface area contributed by atoms with Crippen molar-refractivity contribution < 1.29 is 4.79 Å². The zero-order chi connectivity index (χ0) is 17.4. The first-order valence-electron chi connectivity index (χ1n) is 8.51. The van der Waals surface area contributed by atoms with Crippen LogP contribution in [0.1, 0.15) is 40.0 Å². The molecular weight excluding hydrogens is 332 g/mol. The summed E-state index contributed by atoms with van der Waals surface area (Å²) in [5.74, 6) is 0.581. The smallest absolute Gasteiger partial charge is 0.257 e. The second kappa shape index (κ2) is 6.44. The topological polar surface area (TPSA) is 59.8 Å². The summed E-state index contributed by atoms with van der Waals surface area (Å²) in [6, 6.07) is 9.40. The Balaban J connectivity index is 1.49. The molecule has 0 spiro atoms. The van der Waals surface area contributed by atoms with Crippen molar-refractivity contribution in [2.24, 2.45) is 5.92 Å². The van der Waals surface area contributed by atoms with E-state index in [2.05, 4.69) is 22.3 Å². The molecule has 4 rings (SSSR count). The fourth-order valence-electron chi connectivity index (χ4n) is 3.16. The van der Waals surface area contributed by atoms with E-state index in [1.165, 1.54) is 11.3 Å². The molecule has 6 heteroatoms. The largest absolute Gasteiger partial charge is 0.298 e. The normalized spacial score (nSPS) is 16.5. The molecule has 0 aliphatic heterocycles. The van der Waals surface area contributed by atoms with Crippen LogP contribution in [0, 0.1) is 12.8 Å². The molecule has 1 atom stereocenters. The first-order valence-corrected chi connectivity index (χ1v) is 9.33. The molecule has 0 radical (unpaired) electrons. The summed E-state index contributed by atoms with van der Waals surface area (Å²) in [6.07, 6.45) is 5.03. The van der Waals surface area contributed by atoms with Gasteiger partial charge < -0.3 is 0 Å². The lowest BCUT2D eigenvalue weighted by Crippen LogP contribution is -2.12. The van der Waals surface area contributed by atoms with Crippen LogP contribution >= 0.6 is 11.3 Å². The Kier molecular flexibility index (Phi) is 4.13. The van der Waals surface area contributed by atoms with Crippen molar-refractivity contribution in [2.45, 2.75) is 33.1 Å². The summed E-state index contributed by atoms with van der Waals surface area (Å²) in [5.41, 5.74) is 3.77. The number of amides is 1. The molecule has 5 nitrogen and oxygen atoms in total. The molecular formula is C19H20N4OS. The molecule has 128 valence electrons. The summed E-state index contributed by atoms with van der Waals surface area (Å²) in [5, 5.41) is 7.93. The predicted molar refractivity (Wildman–Crippen MR) is 99.6 cm³/mol. The minimum absolute atomic E-state index is 0.122. The van der Waals surface area contributed by atoms with E-state index in [0.717, 1.165) is 29.9 Å². The van der Waals surface area contributed by atoms with E-state index in [0.29, 0.717) is 16.6 Å². The number of nitrogens with zero attached hydrogens (tertiary/aromatic N) is 3. The monoisotopic (exact) mass is 352 g/mol. The van der Waals surface area contributed by atoms with E-state index in [1.54, 1.807) is 17.5 Å². The fourth-order valence-corrected chi connectivity index (χ4v) is 4.32. The molecule has 1 aliphatic carbocycles. The summed E-state index contributed by atoms with van der Waals surface area (Å²) in [7, 11) is 0. The number of hydrogen-bond donors (Lipinski definition) is 1. The van der Waals surface area contributed by atoms with Gasteiger partial charge in [-0.25, -0.2) is 9.67 Å². The van der Waals surface area contributed by atoms with E-state index in [-0.39, 0.29) is 5.91 Å². The Bertz CT molecular complexity index is 910. The van der Waals surface area contributed by atoms with E-state index < -0.39 is 0 Å². The predicted octanol–water partition coefficient (Wildman–Crippen LogP) is 4.01. The second-order valence-corrected chi connectivity index (χ2v) is 7.71. The molecule has 0 saturated heterocycles. The number of rotatable bonds is 3. The number of carbonyl (C=O) groups is 1. The molecule has 0 bridgehead atoms. The van der Waals surface area contributed by atoms with Gasteiger partial charge >= 0.3 is 0 Å². The van der Waals surface area contributed by atoms with Gasteiger partial charge in [0.05, 0.1) is 11.4 Å². The number of carbonyl (C=O) groups excluding carboxylic acids is 1. The molecule has 3 aromatic rings.